The van der Waals surface area contributed by atoms with Gasteiger partial charge in [0.25, 0.3) is 5.91 Å². The Balaban J connectivity index is 2.03. The molecule has 1 N–H and O–H groups in total. The molecule has 0 atom stereocenters. The highest BCUT2D eigenvalue weighted by molar-refractivity contribution is 5.94. The largest absolute Gasteiger partial charge is 0.353 e. The summed E-state index contributed by atoms with van der Waals surface area (Å²) in [6.45, 7) is 8.60. The third-order valence-corrected chi connectivity index (χ3v) is 3.60. The fraction of sp³-hybridized carbons (Fsp3) is 0.368. The van der Waals surface area contributed by atoms with Gasteiger partial charge in [-0.25, -0.2) is 4.98 Å². The Morgan fingerprint density at radius 2 is 1.91 bits per heavy atom. The first kappa shape index (κ1) is 17.0. The second-order valence-electron chi connectivity index (χ2n) is 6.01. The summed E-state index contributed by atoms with van der Waals surface area (Å²) in [4.78, 5) is 18.7. The van der Waals surface area contributed by atoms with Crippen LogP contribution in [-0.2, 0) is 6.54 Å². The minimum Gasteiger partial charge on any atom is -0.353 e. The molecule has 0 radical (unpaired) electrons. The molecule has 1 aromatic carbocycles. The topological polar surface area (TPSA) is 45.2 Å². The second-order valence-corrected chi connectivity index (χ2v) is 6.01. The summed E-state index contributed by atoms with van der Waals surface area (Å²) in [5, 5.41) is 2.91. The molecule has 1 amide bonds. The van der Waals surface area contributed by atoms with Gasteiger partial charge in [-0.2, -0.15) is 0 Å². The summed E-state index contributed by atoms with van der Waals surface area (Å²) in [6.07, 6.45) is 1.65. The summed E-state index contributed by atoms with van der Waals surface area (Å²) in [5.41, 5.74) is 1.85. The number of nitrogens with zero attached hydrogens (tertiary/aromatic N) is 2. The number of aromatic nitrogens is 1. The van der Waals surface area contributed by atoms with Crippen LogP contribution in [-0.4, -0.2) is 24.0 Å². The van der Waals surface area contributed by atoms with Gasteiger partial charge < -0.3 is 10.2 Å². The van der Waals surface area contributed by atoms with E-state index in [-0.39, 0.29) is 5.91 Å². The predicted molar refractivity (Wildman–Crippen MR) is 94.6 cm³/mol. The Morgan fingerprint density at radius 3 is 2.48 bits per heavy atom. The standard InChI is InChI=1S/C19H25N3O/c1-4-22(14-16-8-6-5-7-9-16)18-11-10-17(13-20-18)19(23)21-12-15(2)3/h5-11,13,15H,4,12,14H2,1-3H3,(H,21,23). The molecule has 1 aromatic heterocycles. The highest BCUT2D eigenvalue weighted by atomic mass is 16.1. The van der Waals surface area contributed by atoms with Crippen molar-refractivity contribution in [3.05, 3.63) is 59.8 Å². The van der Waals surface area contributed by atoms with E-state index in [1.54, 1.807) is 6.20 Å². The van der Waals surface area contributed by atoms with Gasteiger partial charge in [0.1, 0.15) is 5.82 Å². The molecule has 4 nitrogen and oxygen atoms in total. The van der Waals surface area contributed by atoms with E-state index in [9.17, 15) is 4.79 Å². The highest BCUT2D eigenvalue weighted by Crippen LogP contribution is 2.15. The van der Waals surface area contributed by atoms with Gasteiger partial charge in [0.05, 0.1) is 5.56 Å². The van der Waals surface area contributed by atoms with Gasteiger partial charge in [0.15, 0.2) is 0 Å². The first-order chi connectivity index (χ1) is 11.1. The second kappa shape index (κ2) is 8.32. The van der Waals surface area contributed by atoms with Crippen LogP contribution in [0.1, 0.15) is 36.7 Å². The molecular weight excluding hydrogens is 286 g/mol. The van der Waals surface area contributed by atoms with E-state index in [1.807, 2.05) is 30.3 Å². The van der Waals surface area contributed by atoms with Crippen LogP contribution in [0.3, 0.4) is 0 Å². The van der Waals surface area contributed by atoms with Gasteiger partial charge in [-0.1, -0.05) is 44.2 Å². The number of benzene rings is 1. The lowest BCUT2D eigenvalue weighted by molar-refractivity contribution is 0.0948. The molecule has 0 spiro atoms. The number of hydrogen-bond donors (Lipinski definition) is 1. The average Bonchev–Trinajstić information content (AvgIpc) is 2.58. The fourth-order valence-electron chi connectivity index (χ4n) is 2.26. The average molecular weight is 311 g/mol. The molecule has 0 bridgehead atoms. The Kier molecular flexibility index (Phi) is 6.15. The molecule has 1 heterocycles. The smallest absolute Gasteiger partial charge is 0.252 e. The molecule has 0 unspecified atom stereocenters. The lowest BCUT2D eigenvalue weighted by Crippen LogP contribution is -2.28. The minimum atomic E-state index is -0.0659. The van der Waals surface area contributed by atoms with Crippen LogP contribution in [0.4, 0.5) is 5.82 Å². The molecule has 23 heavy (non-hydrogen) atoms. The summed E-state index contributed by atoms with van der Waals surface area (Å²) in [5.74, 6) is 1.26. The molecule has 0 aliphatic heterocycles. The quantitative estimate of drug-likeness (QED) is 0.851. The normalized spacial score (nSPS) is 10.6. The Morgan fingerprint density at radius 1 is 1.17 bits per heavy atom. The van der Waals surface area contributed by atoms with Crippen molar-refractivity contribution in [1.82, 2.24) is 10.3 Å². The van der Waals surface area contributed by atoms with Crippen LogP contribution in [0.2, 0.25) is 0 Å². The molecule has 4 heteroatoms. The fourth-order valence-corrected chi connectivity index (χ4v) is 2.26. The van der Waals surface area contributed by atoms with Gasteiger partial charge in [-0.15, -0.1) is 0 Å². The maximum Gasteiger partial charge on any atom is 0.252 e. The minimum absolute atomic E-state index is 0.0659. The van der Waals surface area contributed by atoms with Crippen molar-refractivity contribution in [1.29, 1.82) is 0 Å². The van der Waals surface area contributed by atoms with Crippen LogP contribution < -0.4 is 10.2 Å². The third-order valence-electron chi connectivity index (χ3n) is 3.60. The number of carbonyl (C=O) groups is 1. The van der Waals surface area contributed by atoms with E-state index in [1.165, 1.54) is 5.56 Å². The Hall–Kier alpha value is -2.36. The Labute approximate surface area is 138 Å². The number of nitrogens with one attached hydrogen (secondary N) is 1. The van der Waals surface area contributed by atoms with Crippen molar-refractivity contribution in [2.45, 2.75) is 27.3 Å². The zero-order valence-electron chi connectivity index (χ0n) is 14.1. The molecular formula is C19H25N3O. The number of anilines is 1. The van der Waals surface area contributed by atoms with E-state index in [0.717, 1.165) is 18.9 Å². The number of rotatable bonds is 7. The van der Waals surface area contributed by atoms with Gasteiger partial charge >= 0.3 is 0 Å². The van der Waals surface area contributed by atoms with E-state index in [4.69, 9.17) is 0 Å². The molecule has 2 aromatic rings. The van der Waals surface area contributed by atoms with Crippen molar-refractivity contribution in [2.75, 3.05) is 18.0 Å². The molecule has 122 valence electrons. The zero-order valence-corrected chi connectivity index (χ0v) is 14.1. The Bertz CT molecular complexity index is 608. The van der Waals surface area contributed by atoms with Gasteiger partial charge in [0, 0.05) is 25.8 Å². The lowest BCUT2D eigenvalue weighted by atomic mass is 10.2. The van der Waals surface area contributed by atoms with Crippen molar-refractivity contribution in [3.8, 4) is 0 Å². The third kappa shape index (κ3) is 5.09. The molecule has 0 saturated carbocycles. The zero-order chi connectivity index (χ0) is 16.7. The van der Waals surface area contributed by atoms with Gasteiger partial charge in [-0.3, -0.25) is 4.79 Å². The summed E-state index contributed by atoms with van der Waals surface area (Å²) in [6, 6.07) is 14.1. The molecule has 0 aliphatic carbocycles. The summed E-state index contributed by atoms with van der Waals surface area (Å²) < 4.78 is 0. The summed E-state index contributed by atoms with van der Waals surface area (Å²) in [7, 11) is 0. The monoisotopic (exact) mass is 311 g/mol. The number of carbonyl (C=O) groups excluding carboxylic acids is 1. The first-order valence-electron chi connectivity index (χ1n) is 8.13. The van der Waals surface area contributed by atoms with E-state index < -0.39 is 0 Å². The van der Waals surface area contributed by atoms with Crippen LogP contribution >= 0.6 is 0 Å². The van der Waals surface area contributed by atoms with Crippen molar-refractivity contribution >= 4 is 11.7 Å². The molecule has 0 aliphatic rings. The number of amides is 1. The van der Waals surface area contributed by atoms with Gasteiger partial charge in [0.2, 0.25) is 0 Å². The van der Waals surface area contributed by atoms with Gasteiger partial charge in [-0.05, 0) is 30.5 Å². The van der Waals surface area contributed by atoms with Crippen molar-refractivity contribution < 1.29 is 4.79 Å². The maximum absolute atomic E-state index is 12.0. The van der Waals surface area contributed by atoms with E-state index >= 15 is 0 Å². The summed E-state index contributed by atoms with van der Waals surface area (Å²) >= 11 is 0. The SMILES string of the molecule is CCN(Cc1ccccc1)c1ccc(C(=O)NCC(C)C)cn1. The molecule has 2 rings (SSSR count). The predicted octanol–water partition coefficient (Wildman–Crippen LogP) is 3.49. The lowest BCUT2D eigenvalue weighted by Gasteiger charge is -2.22. The maximum atomic E-state index is 12.0. The molecule has 0 saturated heterocycles. The number of pyridine rings is 1. The van der Waals surface area contributed by atoms with Crippen LogP contribution in [0.5, 0.6) is 0 Å². The highest BCUT2D eigenvalue weighted by Gasteiger charge is 2.10. The molecule has 0 fully saturated rings. The van der Waals surface area contributed by atoms with Crippen LogP contribution in [0.15, 0.2) is 48.7 Å². The first-order valence-corrected chi connectivity index (χ1v) is 8.13. The van der Waals surface area contributed by atoms with Crippen LogP contribution in [0.25, 0.3) is 0 Å². The van der Waals surface area contributed by atoms with Crippen molar-refractivity contribution in [3.63, 3.8) is 0 Å². The van der Waals surface area contributed by atoms with E-state index in [0.29, 0.717) is 18.0 Å². The number of hydrogen-bond acceptors (Lipinski definition) is 3. The van der Waals surface area contributed by atoms with E-state index in [2.05, 4.69) is 48.1 Å². The van der Waals surface area contributed by atoms with Crippen LogP contribution in [0, 0.1) is 5.92 Å². The van der Waals surface area contributed by atoms with Crippen molar-refractivity contribution in [2.24, 2.45) is 5.92 Å².